The summed E-state index contributed by atoms with van der Waals surface area (Å²) in [6, 6.07) is 16.5. The summed E-state index contributed by atoms with van der Waals surface area (Å²) in [7, 11) is 0. The van der Waals surface area contributed by atoms with E-state index in [-0.39, 0.29) is 11.3 Å². The summed E-state index contributed by atoms with van der Waals surface area (Å²) in [6.45, 7) is 15.6. The van der Waals surface area contributed by atoms with Crippen molar-refractivity contribution >= 4 is 11.6 Å². The lowest BCUT2D eigenvalue weighted by Crippen LogP contribution is -2.57. The van der Waals surface area contributed by atoms with Crippen LogP contribution in [0, 0.1) is 0 Å². The molecular weight excluding hydrogens is 406 g/mol. The number of nitrogens with two attached hydrogens (primary N) is 1. The van der Waals surface area contributed by atoms with E-state index in [1.807, 2.05) is 44.2 Å². The lowest BCUT2D eigenvalue weighted by atomic mass is 9.79. The predicted molar refractivity (Wildman–Crippen MR) is 139 cm³/mol. The molecule has 1 aliphatic rings. The third kappa shape index (κ3) is 6.26. The standard InChI is InChI=1S/C29H41N3O/c1-21(23-17-24(27(2,3)4)19-25(18-23)28(5,6)30)32-29(15-11-8-12-16-29)26(33)31-20-22-13-9-7-10-14-22/h7,9-10,13-14,17-19,32H,1,8,11-12,15-16,20,30H2,2-6H3,(H,31,33). The van der Waals surface area contributed by atoms with Crippen LogP contribution in [0.2, 0.25) is 0 Å². The van der Waals surface area contributed by atoms with Crippen molar-refractivity contribution in [2.75, 3.05) is 0 Å². The van der Waals surface area contributed by atoms with E-state index in [1.54, 1.807) is 0 Å². The van der Waals surface area contributed by atoms with Gasteiger partial charge < -0.3 is 16.4 Å². The second kappa shape index (κ2) is 9.72. The van der Waals surface area contributed by atoms with Crippen molar-refractivity contribution in [2.24, 2.45) is 5.73 Å². The Labute approximate surface area is 200 Å². The van der Waals surface area contributed by atoms with Crippen LogP contribution in [-0.4, -0.2) is 11.4 Å². The molecule has 33 heavy (non-hydrogen) atoms. The zero-order valence-electron chi connectivity index (χ0n) is 21.1. The van der Waals surface area contributed by atoms with Gasteiger partial charge in [0.05, 0.1) is 0 Å². The van der Waals surface area contributed by atoms with Crippen molar-refractivity contribution in [2.45, 2.75) is 89.8 Å². The van der Waals surface area contributed by atoms with Gasteiger partial charge in [0.1, 0.15) is 5.54 Å². The number of nitrogens with one attached hydrogen (secondary N) is 2. The Morgan fingerprint density at radius 1 is 0.970 bits per heavy atom. The second-order valence-corrected chi connectivity index (χ2v) is 11.2. The fourth-order valence-electron chi connectivity index (χ4n) is 4.48. The number of hydrogen-bond donors (Lipinski definition) is 3. The number of rotatable bonds is 7. The molecule has 0 heterocycles. The maximum Gasteiger partial charge on any atom is 0.245 e. The smallest absolute Gasteiger partial charge is 0.245 e. The molecule has 0 saturated heterocycles. The van der Waals surface area contributed by atoms with Crippen molar-refractivity contribution in [3.63, 3.8) is 0 Å². The third-order valence-corrected chi connectivity index (χ3v) is 6.72. The van der Waals surface area contributed by atoms with Gasteiger partial charge in [-0.1, -0.05) is 83.0 Å². The molecule has 0 atom stereocenters. The second-order valence-electron chi connectivity index (χ2n) is 11.2. The number of carbonyl (C=O) groups excluding carboxylic acids is 1. The summed E-state index contributed by atoms with van der Waals surface area (Å²) in [6.07, 6.45) is 4.83. The number of benzene rings is 2. The molecule has 2 aromatic rings. The summed E-state index contributed by atoms with van der Waals surface area (Å²) < 4.78 is 0. The highest BCUT2D eigenvalue weighted by Crippen LogP contribution is 2.33. The Morgan fingerprint density at radius 2 is 1.58 bits per heavy atom. The van der Waals surface area contributed by atoms with E-state index in [1.165, 1.54) is 5.56 Å². The van der Waals surface area contributed by atoms with Crippen molar-refractivity contribution in [1.82, 2.24) is 10.6 Å². The number of amides is 1. The first-order valence-corrected chi connectivity index (χ1v) is 12.2. The van der Waals surface area contributed by atoms with Crippen LogP contribution >= 0.6 is 0 Å². The summed E-state index contributed by atoms with van der Waals surface area (Å²) in [5.74, 6) is 0.0542. The van der Waals surface area contributed by atoms with Crippen LogP contribution in [0.1, 0.15) is 89.0 Å². The highest BCUT2D eigenvalue weighted by molar-refractivity contribution is 5.88. The van der Waals surface area contributed by atoms with Gasteiger partial charge in [-0.2, -0.15) is 0 Å². The Balaban J connectivity index is 1.87. The summed E-state index contributed by atoms with van der Waals surface area (Å²) in [4.78, 5) is 13.5. The molecule has 0 bridgehead atoms. The number of carbonyl (C=O) groups is 1. The van der Waals surface area contributed by atoms with Crippen LogP contribution in [0.15, 0.2) is 55.1 Å². The fourth-order valence-corrected chi connectivity index (χ4v) is 4.48. The molecular formula is C29H41N3O. The first-order chi connectivity index (χ1) is 15.4. The molecule has 0 spiro atoms. The summed E-state index contributed by atoms with van der Waals surface area (Å²) in [5, 5.41) is 6.77. The molecule has 4 nitrogen and oxygen atoms in total. The van der Waals surface area contributed by atoms with Gasteiger partial charge in [0, 0.05) is 17.8 Å². The van der Waals surface area contributed by atoms with Crippen LogP contribution in [0.5, 0.6) is 0 Å². The van der Waals surface area contributed by atoms with E-state index < -0.39 is 11.1 Å². The third-order valence-electron chi connectivity index (χ3n) is 6.72. The molecule has 0 aliphatic heterocycles. The molecule has 0 aromatic heterocycles. The highest BCUT2D eigenvalue weighted by atomic mass is 16.2. The number of hydrogen-bond acceptors (Lipinski definition) is 3. The van der Waals surface area contributed by atoms with Gasteiger partial charge in [-0.05, 0) is 66.5 Å². The molecule has 4 heteroatoms. The first kappa shape index (κ1) is 25.0. The quantitative estimate of drug-likeness (QED) is 0.506. The largest absolute Gasteiger partial charge is 0.371 e. The fraction of sp³-hybridized carbons (Fsp3) is 0.483. The minimum Gasteiger partial charge on any atom is -0.371 e. The van der Waals surface area contributed by atoms with Gasteiger partial charge >= 0.3 is 0 Å². The van der Waals surface area contributed by atoms with Crippen LogP contribution < -0.4 is 16.4 Å². The Hall–Kier alpha value is -2.59. The molecule has 3 rings (SSSR count). The van der Waals surface area contributed by atoms with Crippen LogP contribution in [0.3, 0.4) is 0 Å². The minimum atomic E-state index is -0.639. The monoisotopic (exact) mass is 447 g/mol. The summed E-state index contributed by atoms with van der Waals surface area (Å²) in [5.41, 5.74) is 10.5. The average Bonchev–Trinajstić information content (AvgIpc) is 2.77. The highest BCUT2D eigenvalue weighted by Gasteiger charge is 2.39. The Kier molecular flexibility index (Phi) is 7.38. The van der Waals surface area contributed by atoms with Gasteiger partial charge in [-0.25, -0.2) is 0 Å². The minimum absolute atomic E-state index is 0.0220. The van der Waals surface area contributed by atoms with Gasteiger partial charge in [0.15, 0.2) is 0 Å². The summed E-state index contributed by atoms with van der Waals surface area (Å²) >= 11 is 0. The van der Waals surface area contributed by atoms with E-state index in [2.05, 4.69) is 56.2 Å². The van der Waals surface area contributed by atoms with Gasteiger partial charge in [0.25, 0.3) is 0 Å². The van der Waals surface area contributed by atoms with E-state index in [0.29, 0.717) is 6.54 Å². The van der Waals surface area contributed by atoms with Crippen LogP contribution in [0.25, 0.3) is 5.70 Å². The van der Waals surface area contributed by atoms with Crippen LogP contribution in [0.4, 0.5) is 0 Å². The first-order valence-electron chi connectivity index (χ1n) is 12.2. The molecule has 1 fully saturated rings. The van der Waals surface area contributed by atoms with Crippen molar-refractivity contribution in [1.29, 1.82) is 0 Å². The SMILES string of the molecule is C=C(NC1(C(=O)NCc2ccccc2)CCCCC1)c1cc(C(C)(C)C)cc(C(C)(C)N)c1. The topological polar surface area (TPSA) is 67.2 Å². The molecule has 178 valence electrons. The van der Waals surface area contributed by atoms with Crippen molar-refractivity contribution < 1.29 is 4.79 Å². The maximum absolute atomic E-state index is 13.5. The van der Waals surface area contributed by atoms with E-state index >= 15 is 0 Å². The van der Waals surface area contributed by atoms with Crippen molar-refractivity contribution in [3.8, 4) is 0 Å². The average molecular weight is 448 g/mol. The van der Waals surface area contributed by atoms with E-state index in [4.69, 9.17) is 5.73 Å². The molecule has 0 unspecified atom stereocenters. The molecule has 1 aliphatic carbocycles. The maximum atomic E-state index is 13.5. The lowest BCUT2D eigenvalue weighted by Gasteiger charge is -2.38. The van der Waals surface area contributed by atoms with Crippen molar-refractivity contribution in [3.05, 3.63) is 77.4 Å². The zero-order chi connectivity index (χ0) is 24.3. The van der Waals surface area contributed by atoms with E-state index in [0.717, 1.165) is 54.5 Å². The predicted octanol–water partition coefficient (Wildman–Crippen LogP) is 5.76. The molecule has 4 N–H and O–H groups in total. The van der Waals surface area contributed by atoms with Gasteiger partial charge in [-0.3, -0.25) is 4.79 Å². The Morgan fingerprint density at radius 3 is 2.15 bits per heavy atom. The lowest BCUT2D eigenvalue weighted by molar-refractivity contribution is -0.128. The normalized spacial score (nSPS) is 16.2. The molecule has 2 aromatic carbocycles. The molecule has 1 saturated carbocycles. The van der Waals surface area contributed by atoms with E-state index in [9.17, 15) is 4.79 Å². The van der Waals surface area contributed by atoms with Gasteiger partial charge in [0.2, 0.25) is 5.91 Å². The van der Waals surface area contributed by atoms with Crippen LogP contribution in [-0.2, 0) is 22.3 Å². The molecule has 1 amide bonds. The zero-order valence-corrected chi connectivity index (χ0v) is 21.1. The Bertz CT molecular complexity index is 942. The van der Waals surface area contributed by atoms with Gasteiger partial charge in [-0.15, -0.1) is 0 Å². The molecule has 0 radical (unpaired) electrons.